The highest BCUT2D eigenvalue weighted by Gasteiger charge is 2.41. The second kappa shape index (κ2) is 8.32. The van der Waals surface area contributed by atoms with E-state index in [0.29, 0.717) is 44.2 Å². The molecule has 3 heterocycles. The molecule has 1 aromatic carbocycles. The average Bonchev–Trinajstić information content (AvgIpc) is 3.15. The van der Waals surface area contributed by atoms with Crippen LogP contribution < -0.4 is 0 Å². The van der Waals surface area contributed by atoms with Crippen molar-refractivity contribution in [2.75, 3.05) is 33.2 Å². The number of rotatable bonds is 4. The molecule has 2 aliphatic rings. The Hall–Kier alpha value is -2.74. The van der Waals surface area contributed by atoms with Gasteiger partial charge in [0.25, 0.3) is 0 Å². The first kappa shape index (κ1) is 19.6. The summed E-state index contributed by atoms with van der Waals surface area (Å²) in [6.07, 6.45) is 1.02. The standard InChI is InChI=1S/C21H27N5O3/c1-15-22-18(29-23-15)14-25-10-12-26(13-11-25)21(28)17-8-9-19(27)24(2)20(17)16-6-4-3-5-7-16/h3-7,17,20H,8-14H2,1-2H3/t17-,20-/m1/s1. The van der Waals surface area contributed by atoms with Crippen molar-refractivity contribution in [2.24, 2.45) is 5.92 Å². The molecule has 0 spiro atoms. The zero-order valence-electron chi connectivity index (χ0n) is 17.0. The number of hydrogen-bond donors (Lipinski definition) is 0. The number of likely N-dealkylation sites (tertiary alicyclic amines) is 1. The Bertz CT molecular complexity index is 860. The van der Waals surface area contributed by atoms with Crippen LogP contribution in [-0.2, 0) is 16.1 Å². The van der Waals surface area contributed by atoms with Crippen molar-refractivity contribution in [2.45, 2.75) is 32.4 Å². The lowest BCUT2D eigenvalue weighted by molar-refractivity contribution is -0.147. The van der Waals surface area contributed by atoms with E-state index in [1.165, 1.54) is 0 Å². The molecule has 0 N–H and O–H groups in total. The van der Waals surface area contributed by atoms with E-state index in [4.69, 9.17) is 4.52 Å². The predicted molar refractivity (Wildman–Crippen MR) is 106 cm³/mol. The van der Waals surface area contributed by atoms with E-state index in [1.54, 1.807) is 11.8 Å². The molecule has 2 aliphatic heterocycles. The van der Waals surface area contributed by atoms with E-state index < -0.39 is 0 Å². The maximum absolute atomic E-state index is 13.4. The molecule has 8 nitrogen and oxygen atoms in total. The van der Waals surface area contributed by atoms with Crippen molar-refractivity contribution in [3.8, 4) is 0 Å². The van der Waals surface area contributed by atoms with E-state index in [1.807, 2.05) is 42.3 Å². The zero-order valence-corrected chi connectivity index (χ0v) is 17.0. The molecule has 2 fully saturated rings. The Balaban J connectivity index is 1.42. The summed E-state index contributed by atoms with van der Waals surface area (Å²) < 4.78 is 5.20. The Morgan fingerprint density at radius 2 is 1.90 bits per heavy atom. The van der Waals surface area contributed by atoms with Crippen LogP contribution in [0.4, 0.5) is 0 Å². The topological polar surface area (TPSA) is 82.8 Å². The van der Waals surface area contributed by atoms with Gasteiger partial charge >= 0.3 is 0 Å². The molecule has 2 aromatic rings. The van der Waals surface area contributed by atoms with Gasteiger partial charge in [-0.15, -0.1) is 0 Å². The monoisotopic (exact) mass is 397 g/mol. The molecule has 0 saturated carbocycles. The maximum atomic E-state index is 13.4. The molecule has 2 atom stereocenters. The quantitative estimate of drug-likeness (QED) is 0.780. The number of carbonyl (C=O) groups is 2. The summed E-state index contributed by atoms with van der Waals surface area (Å²) in [7, 11) is 1.81. The second-order valence-electron chi connectivity index (χ2n) is 7.84. The minimum atomic E-state index is -0.204. The summed E-state index contributed by atoms with van der Waals surface area (Å²) in [6.45, 7) is 5.29. The van der Waals surface area contributed by atoms with Crippen LogP contribution in [0.1, 0.15) is 36.2 Å². The first-order valence-corrected chi connectivity index (χ1v) is 10.1. The minimum absolute atomic E-state index is 0.0996. The lowest BCUT2D eigenvalue weighted by atomic mass is 9.83. The molecule has 2 amide bonds. The van der Waals surface area contributed by atoms with Crippen LogP contribution in [0, 0.1) is 12.8 Å². The number of piperazine rings is 1. The van der Waals surface area contributed by atoms with Crippen molar-refractivity contribution >= 4 is 11.8 Å². The van der Waals surface area contributed by atoms with Gasteiger partial charge in [0.15, 0.2) is 5.82 Å². The fraction of sp³-hybridized carbons (Fsp3) is 0.524. The van der Waals surface area contributed by atoms with E-state index >= 15 is 0 Å². The molecule has 154 valence electrons. The van der Waals surface area contributed by atoms with Crippen molar-refractivity contribution < 1.29 is 14.1 Å². The molecule has 0 bridgehead atoms. The largest absolute Gasteiger partial charge is 0.340 e. The fourth-order valence-corrected chi connectivity index (χ4v) is 4.36. The Morgan fingerprint density at radius 3 is 2.55 bits per heavy atom. The highest BCUT2D eigenvalue weighted by molar-refractivity contribution is 5.85. The van der Waals surface area contributed by atoms with Gasteiger partial charge in [0.05, 0.1) is 18.5 Å². The first-order valence-electron chi connectivity index (χ1n) is 10.1. The van der Waals surface area contributed by atoms with Gasteiger partial charge in [-0.05, 0) is 18.9 Å². The molecule has 4 rings (SSSR count). The van der Waals surface area contributed by atoms with Crippen molar-refractivity contribution in [1.82, 2.24) is 24.8 Å². The van der Waals surface area contributed by atoms with E-state index in [0.717, 1.165) is 18.7 Å². The van der Waals surface area contributed by atoms with Crippen LogP contribution in [0.15, 0.2) is 34.9 Å². The average molecular weight is 397 g/mol. The number of hydrogen-bond acceptors (Lipinski definition) is 6. The summed E-state index contributed by atoms with van der Waals surface area (Å²) in [4.78, 5) is 35.9. The van der Waals surface area contributed by atoms with Gasteiger partial charge in [0.2, 0.25) is 17.7 Å². The Morgan fingerprint density at radius 1 is 1.17 bits per heavy atom. The minimum Gasteiger partial charge on any atom is -0.340 e. The molecule has 0 unspecified atom stereocenters. The van der Waals surface area contributed by atoms with Crippen LogP contribution in [0.3, 0.4) is 0 Å². The number of carbonyl (C=O) groups excluding carboxylic acids is 2. The Kier molecular flexibility index (Phi) is 5.62. The smallest absolute Gasteiger partial charge is 0.240 e. The predicted octanol–water partition coefficient (Wildman–Crippen LogP) is 1.63. The van der Waals surface area contributed by atoms with Crippen LogP contribution in [0.25, 0.3) is 0 Å². The summed E-state index contributed by atoms with van der Waals surface area (Å²) in [5.41, 5.74) is 1.02. The van der Waals surface area contributed by atoms with E-state index in [9.17, 15) is 9.59 Å². The van der Waals surface area contributed by atoms with E-state index in [-0.39, 0.29) is 23.8 Å². The molecule has 8 heteroatoms. The van der Waals surface area contributed by atoms with E-state index in [2.05, 4.69) is 15.0 Å². The molecule has 0 radical (unpaired) electrons. The highest BCUT2D eigenvalue weighted by Crippen LogP contribution is 2.37. The molecule has 29 heavy (non-hydrogen) atoms. The van der Waals surface area contributed by atoms with Gasteiger partial charge in [-0.1, -0.05) is 35.5 Å². The van der Waals surface area contributed by atoms with Crippen LogP contribution in [0.5, 0.6) is 0 Å². The van der Waals surface area contributed by atoms with Gasteiger partial charge in [-0.3, -0.25) is 14.5 Å². The third-order valence-corrected chi connectivity index (χ3v) is 5.93. The van der Waals surface area contributed by atoms with Crippen molar-refractivity contribution in [3.05, 3.63) is 47.6 Å². The second-order valence-corrected chi connectivity index (χ2v) is 7.84. The van der Waals surface area contributed by atoms with Gasteiger partial charge in [-0.25, -0.2) is 0 Å². The number of amides is 2. The lowest BCUT2D eigenvalue weighted by Crippen LogP contribution is -2.53. The van der Waals surface area contributed by atoms with Gasteiger partial charge in [0.1, 0.15) is 0 Å². The number of benzene rings is 1. The molecular formula is C21H27N5O3. The summed E-state index contributed by atoms with van der Waals surface area (Å²) in [5.74, 6) is 1.29. The third kappa shape index (κ3) is 4.17. The zero-order chi connectivity index (χ0) is 20.4. The lowest BCUT2D eigenvalue weighted by Gasteiger charge is -2.42. The van der Waals surface area contributed by atoms with Crippen LogP contribution >= 0.6 is 0 Å². The Labute approximate surface area is 170 Å². The van der Waals surface area contributed by atoms with Gasteiger partial charge < -0.3 is 14.3 Å². The number of aryl methyl sites for hydroxylation is 1. The SMILES string of the molecule is Cc1noc(CN2CCN(C(=O)[C@@H]3CCC(=O)N(C)[C@@H]3c3ccccc3)CC2)n1. The maximum Gasteiger partial charge on any atom is 0.240 e. The molecular weight excluding hydrogens is 370 g/mol. The normalized spacial score (nSPS) is 23.4. The fourth-order valence-electron chi connectivity index (χ4n) is 4.36. The van der Waals surface area contributed by atoms with Gasteiger partial charge in [0, 0.05) is 39.6 Å². The summed E-state index contributed by atoms with van der Waals surface area (Å²) in [5, 5.41) is 3.83. The third-order valence-electron chi connectivity index (χ3n) is 5.93. The van der Waals surface area contributed by atoms with Gasteiger partial charge in [-0.2, -0.15) is 4.98 Å². The molecule has 0 aliphatic carbocycles. The summed E-state index contributed by atoms with van der Waals surface area (Å²) >= 11 is 0. The first-order chi connectivity index (χ1) is 14.0. The van der Waals surface area contributed by atoms with Crippen molar-refractivity contribution in [3.63, 3.8) is 0 Å². The van der Waals surface area contributed by atoms with Crippen molar-refractivity contribution in [1.29, 1.82) is 0 Å². The number of piperidine rings is 1. The summed E-state index contributed by atoms with van der Waals surface area (Å²) in [6, 6.07) is 9.68. The molecule has 2 saturated heterocycles. The van der Waals surface area contributed by atoms with Crippen LogP contribution in [-0.4, -0.2) is 69.9 Å². The highest BCUT2D eigenvalue weighted by atomic mass is 16.5. The van der Waals surface area contributed by atoms with Crippen LogP contribution in [0.2, 0.25) is 0 Å². The number of nitrogens with zero attached hydrogens (tertiary/aromatic N) is 5. The number of aromatic nitrogens is 2. The molecule has 1 aromatic heterocycles.